The summed E-state index contributed by atoms with van der Waals surface area (Å²) in [7, 11) is 0. The van der Waals surface area contributed by atoms with E-state index < -0.39 is 0 Å². The summed E-state index contributed by atoms with van der Waals surface area (Å²) in [6.07, 6.45) is 0.909. The summed E-state index contributed by atoms with van der Waals surface area (Å²) in [5.41, 5.74) is 2.25. The van der Waals surface area contributed by atoms with Crippen LogP contribution in [0.2, 0.25) is 0 Å². The van der Waals surface area contributed by atoms with Gasteiger partial charge in [0, 0.05) is 18.7 Å². The third-order valence-electron chi connectivity index (χ3n) is 3.30. The molecule has 3 rings (SSSR count). The summed E-state index contributed by atoms with van der Waals surface area (Å²) in [4.78, 5) is 14.3. The van der Waals surface area contributed by atoms with Crippen LogP contribution >= 0.6 is 11.8 Å². The van der Waals surface area contributed by atoms with Crippen molar-refractivity contribution in [2.45, 2.75) is 31.5 Å². The SMILES string of the molecule is Cc1nnc(SCC(=O)N2c3ccccc3CC2C)o1. The number of nitrogens with zero attached hydrogens (tertiary/aromatic N) is 3. The van der Waals surface area contributed by atoms with Crippen molar-refractivity contribution in [3.63, 3.8) is 0 Å². The van der Waals surface area contributed by atoms with Crippen molar-refractivity contribution in [3.05, 3.63) is 35.7 Å². The third kappa shape index (κ3) is 2.43. The van der Waals surface area contributed by atoms with E-state index in [2.05, 4.69) is 23.2 Å². The van der Waals surface area contributed by atoms with Crippen molar-refractivity contribution in [2.24, 2.45) is 0 Å². The molecule has 0 fully saturated rings. The molecule has 0 aliphatic carbocycles. The smallest absolute Gasteiger partial charge is 0.277 e. The minimum Gasteiger partial charge on any atom is -0.416 e. The fourth-order valence-corrected chi connectivity index (χ4v) is 3.14. The van der Waals surface area contributed by atoms with Crippen molar-refractivity contribution in [1.29, 1.82) is 0 Å². The van der Waals surface area contributed by atoms with E-state index in [0.717, 1.165) is 12.1 Å². The molecule has 1 aliphatic heterocycles. The van der Waals surface area contributed by atoms with Crippen LogP contribution in [0.15, 0.2) is 33.9 Å². The lowest BCUT2D eigenvalue weighted by atomic mass is 10.1. The van der Waals surface area contributed by atoms with Crippen molar-refractivity contribution in [1.82, 2.24) is 10.2 Å². The van der Waals surface area contributed by atoms with Crippen LogP contribution in [0.1, 0.15) is 18.4 Å². The van der Waals surface area contributed by atoms with Gasteiger partial charge in [-0.15, -0.1) is 10.2 Å². The lowest BCUT2D eigenvalue weighted by Gasteiger charge is -2.22. The highest BCUT2D eigenvalue weighted by molar-refractivity contribution is 7.99. The van der Waals surface area contributed by atoms with Crippen molar-refractivity contribution in [2.75, 3.05) is 10.7 Å². The molecule has 1 amide bonds. The molecule has 1 unspecified atom stereocenters. The number of aryl methyl sites for hydroxylation is 1. The molecular formula is C14H15N3O2S. The van der Waals surface area contributed by atoms with Gasteiger partial charge in [-0.3, -0.25) is 4.79 Å². The molecule has 1 aromatic heterocycles. The van der Waals surface area contributed by atoms with Gasteiger partial charge in [-0.25, -0.2) is 0 Å². The highest BCUT2D eigenvalue weighted by Crippen LogP contribution is 2.32. The van der Waals surface area contributed by atoms with E-state index in [1.807, 2.05) is 23.1 Å². The number of aromatic nitrogens is 2. The summed E-state index contributed by atoms with van der Waals surface area (Å²) in [5.74, 6) is 0.892. The Kier molecular flexibility index (Phi) is 3.48. The summed E-state index contributed by atoms with van der Waals surface area (Å²) in [6.45, 7) is 3.80. The van der Waals surface area contributed by atoms with E-state index in [4.69, 9.17) is 4.42 Å². The van der Waals surface area contributed by atoms with Crippen molar-refractivity contribution >= 4 is 23.4 Å². The minimum atomic E-state index is 0.0725. The highest BCUT2D eigenvalue weighted by Gasteiger charge is 2.30. The Bertz CT molecular complexity index is 641. The second-order valence-corrected chi connectivity index (χ2v) is 5.75. The molecule has 0 bridgehead atoms. The maximum atomic E-state index is 12.4. The Morgan fingerprint density at radius 2 is 2.25 bits per heavy atom. The summed E-state index contributed by atoms with van der Waals surface area (Å²) < 4.78 is 5.26. The third-order valence-corrected chi connectivity index (χ3v) is 4.11. The number of amides is 1. The molecule has 0 spiro atoms. The molecule has 0 saturated carbocycles. The minimum absolute atomic E-state index is 0.0725. The monoisotopic (exact) mass is 289 g/mol. The first kappa shape index (κ1) is 13.2. The summed E-state index contributed by atoms with van der Waals surface area (Å²) >= 11 is 1.28. The molecule has 0 N–H and O–H groups in total. The highest BCUT2D eigenvalue weighted by atomic mass is 32.2. The van der Waals surface area contributed by atoms with Crippen molar-refractivity contribution in [3.8, 4) is 0 Å². The standard InChI is InChI=1S/C14H15N3O2S/c1-9-7-11-5-3-4-6-12(11)17(9)13(18)8-20-14-16-15-10(2)19-14/h3-6,9H,7-8H2,1-2H3. The molecule has 104 valence electrons. The Hall–Kier alpha value is -1.82. The fraction of sp³-hybridized carbons (Fsp3) is 0.357. The molecule has 6 heteroatoms. The van der Waals surface area contributed by atoms with Gasteiger partial charge in [0.15, 0.2) is 0 Å². The number of para-hydroxylation sites is 1. The first-order valence-electron chi connectivity index (χ1n) is 6.48. The average Bonchev–Trinajstić information content (AvgIpc) is 2.98. The first-order valence-corrected chi connectivity index (χ1v) is 7.46. The average molecular weight is 289 g/mol. The summed E-state index contributed by atoms with van der Waals surface area (Å²) in [5, 5.41) is 8.07. The predicted molar refractivity (Wildman–Crippen MR) is 76.9 cm³/mol. The Balaban J connectivity index is 1.71. The Morgan fingerprint density at radius 3 is 3.00 bits per heavy atom. The zero-order chi connectivity index (χ0) is 14.1. The zero-order valence-corrected chi connectivity index (χ0v) is 12.2. The van der Waals surface area contributed by atoms with Gasteiger partial charge in [-0.05, 0) is 25.0 Å². The summed E-state index contributed by atoms with van der Waals surface area (Å²) in [6, 6.07) is 8.25. The van der Waals surface area contributed by atoms with Crippen LogP contribution in [-0.4, -0.2) is 27.9 Å². The number of thioether (sulfide) groups is 1. The number of benzene rings is 1. The van der Waals surface area contributed by atoms with E-state index in [1.165, 1.54) is 17.3 Å². The van der Waals surface area contributed by atoms with E-state index in [9.17, 15) is 4.79 Å². The molecule has 20 heavy (non-hydrogen) atoms. The second-order valence-electron chi connectivity index (χ2n) is 4.82. The van der Waals surface area contributed by atoms with E-state index >= 15 is 0 Å². The van der Waals surface area contributed by atoms with E-state index in [0.29, 0.717) is 16.9 Å². The molecule has 2 heterocycles. The van der Waals surface area contributed by atoms with Gasteiger partial charge in [-0.1, -0.05) is 30.0 Å². The normalized spacial score (nSPS) is 17.3. The molecule has 1 aromatic carbocycles. The molecule has 2 aromatic rings. The van der Waals surface area contributed by atoms with Gasteiger partial charge in [0.05, 0.1) is 5.75 Å². The maximum Gasteiger partial charge on any atom is 0.277 e. The lowest BCUT2D eigenvalue weighted by Crippen LogP contribution is -2.36. The Morgan fingerprint density at radius 1 is 1.45 bits per heavy atom. The van der Waals surface area contributed by atoms with Crippen LogP contribution in [0, 0.1) is 6.92 Å². The van der Waals surface area contributed by atoms with Gasteiger partial charge in [0.1, 0.15) is 0 Å². The first-order chi connectivity index (χ1) is 9.65. The van der Waals surface area contributed by atoms with E-state index in [-0.39, 0.29) is 11.9 Å². The van der Waals surface area contributed by atoms with Crippen LogP contribution in [0.4, 0.5) is 5.69 Å². The number of anilines is 1. The van der Waals surface area contributed by atoms with E-state index in [1.54, 1.807) is 6.92 Å². The molecule has 0 radical (unpaired) electrons. The second kappa shape index (κ2) is 5.28. The molecule has 5 nitrogen and oxygen atoms in total. The van der Waals surface area contributed by atoms with Crippen molar-refractivity contribution < 1.29 is 9.21 Å². The van der Waals surface area contributed by atoms with Gasteiger partial charge in [-0.2, -0.15) is 0 Å². The zero-order valence-electron chi connectivity index (χ0n) is 11.4. The maximum absolute atomic E-state index is 12.4. The molecule has 1 atom stereocenters. The van der Waals surface area contributed by atoms with Gasteiger partial charge >= 0.3 is 0 Å². The number of hydrogen-bond acceptors (Lipinski definition) is 5. The van der Waals surface area contributed by atoms with Crippen LogP contribution in [0.3, 0.4) is 0 Å². The molecule has 0 saturated heterocycles. The number of rotatable bonds is 3. The number of hydrogen-bond donors (Lipinski definition) is 0. The predicted octanol–water partition coefficient (Wildman–Crippen LogP) is 2.45. The number of carbonyl (C=O) groups is 1. The lowest BCUT2D eigenvalue weighted by molar-refractivity contribution is -0.116. The van der Waals surface area contributed by atoms with Gasteiger partial charge in [0.25, 0.3) is 5.22 Å². The topological polar surface area (TPSA) is 59.2 Å². The quantitative estimate of drug-likeness (QED) is 0.812. The number of carbonyl (C=O) groups excluding carboxylic acids is 1. The molecular weight excluding hydrogens is 274 g/mol. The largest absolute Gasteiger partial charge is 0.416 e. The molecule has 1 aliphatic rings. The van der Waals surface area contributed by atoms with Gasteiger partial charge < -0.3 is 9.32 Å². The fourth-order valence-electron chi connectivity index (χ4n) is 2.48. The number of fused-ring (bicyclic) bond motifs is 1. The Labute approximate surface area is 121 Å². The van der Waals surface area contributed by atoms with Gasteiger partial charge in [0.2, 0.25) is 11.8 Å². The van der Waals surface area contributed by atoms with Crippen LogP contribution in [0.5, 0.6) is 0 Å². The van der Waals surface area contributed by atoms with Crippen LogP contribution in [0.25, 0.3) is 0 Å². The van der Waals surface area contributed by atoms with Crippen LogP contribution < -0.4 is 4.90 Å². The van der Waals surface area contributed by atoms with Crippen LogP contribution in [-0.2, 0) is 11.2 Å².